The fourth-order valence-corrected chi connectivity index (χ4v) is 1.25. The first-order valence-corrected chi connectivity index (χ1v) is 4.63. The molecule has 1 rings (SSSR count). The van der Waals surface area contributed by atoms with Gasteiger partial charge in [0, 0.05) is 5.41 Å². The van der Waals surface area contributed by atoms with Crippen LogP contribution in [0.3, 0.4) is 0 Å². The van der Waals surface area contributed by atoms with Crippen LogP contribution in [0, 0.1) is 10.3 Å². The highest BCUT2D eigenvalue weighted by Crippen LogP contribution is 2.30. The van der Waals surface area contributed by atoms with Gasteiger partial charge in [-0.1, -0.05) is 20.8 Å². The molecule has 0 spiro atoms. The van der Waals surface area contributed by atoms with Crippen LogP contribution in [-0.4, -0.2) is 14.8 Å². The Labute approximate surface area is 84.6 Å². The summed E-state index contributed by atoms with van der Waals surface area (Å²) in [5, 5.41) is 7.01. The summed E-state index contributed by atoms with van der Waals surface area (Å²) in [6, 6.07) is 0. The normalized spacial score (nSPS) is 14.2. The SMILES string of the molecule is CC(C)(C)C(N=O)n1cnc(Br)n1. The van der Waals surface area contributed by atoms with Gasteiger partial charge in [-0.25, -0.2) is 9.67 Å². The molecular weight excluding hydrogens is 236 g/mol. The van der Waals surface area contributed by atoms with Crippen molar-refractivity contribution in [2.75, 3.05) is 0 Å². The zero-order chi connectivity index (χ0) is 10.1. The van der Waals surface area contributed by atoms with E-state index >= 15 is 0 Å². The fourth-order valence-electron chi connectivity index (χ4n) is 0.975. The topological polar surface area (TPSA) is 60.1 Å². The van der Waals surface area contributed by atoms with E-state index in [9.17, 15) is 4.91 Å². The first-order chi connectivity index (χ1) is 5.95. The predicted octanol–water partition coefficient (Wildman–Crippen LogP) is 2.35. The van der Waals surface area contributed by atoms with E-state index in [4.69, 9.17) is 0 Å². The zero-order valence-electron chi connectivity index (χ0n) is 7.73. The van der Waals surface area contributed by atoms with E-state index in [1.807, 2.05) is 20.8 Å². The molecule has 0 aromatic carbocycles. The largest absolute Gasteiger partial charge is 0.223 e. The molecule has 13 heavy (non-hydrogen) atoms. The van der Waals surface area contributed by atoms with E-state index in [2.05, 4.69) is 31.2 Å². The van der Waals surface area contributed by atoms with Gasteiger partial charge in [0.1, 0.15) is 6.33 Å². The highest BCUT2D eigenvalue weighted by Gasteiger charge is 2.28. The Hall–Kier alpha value is -0.780. The molecule has 0 aliphatic rings. The van der Waals surface area contributed by atoms with Gasteiger partial charge in [-0.05, 0) is 21.1 Å². The molecule has 1 heterocycles. The molecule has 0 saturated carbocycles. The number of nitroso groups, excluding NO2 is 1. The Kier molecular flexibility index (Phi) is 2.80. The Balaban J connectivity index is 2.97. The highest BCUT2D eigenvalue weighted by atomic mass is 79.9. The van der Waals surface area contributed by atoms with Crippen molar-refractivity contribution in [3.8, 4) is 0 Å². The van der Waals surface area contributed by atoms with Gasteiger partial charge in [0.05, 0.1) is 0 Å². The van der Waals surface area contributed by atoms with Crippen LogP contribution in [0.15, 0.2) is 16.2 Å². The zero-order valence-corrected chi connectivity index (χ0v) is 9.32. The van der Waals surface area contributed by atoms with Crippen LogP contribution < -0.4 is 0 Å². The second-order valence-corrected chi connectivity index (χ2v) is 4.55. The van der Waals surface area contributed by atoms with Gasteiger partial charge in [-0.15, -0.1) is 10.0 Å². The molecule has 0 saturated heterocycles. The summed E-state index contributed by atoms with van der Waals surface area (Å²) in [5.41, 5.74) is -0.255. The monoisotopic (exact) mass is 246 g/mol. The van der Waals surface area contributed by atoms with Crippen LogP contribution in [0.25, 0.3) is 0 Å². The fraction of sp³-hybridized carbons (Fsp3) is 0.714. The molecule has 1 aromatic rings. The predicted molar refractivity (Wildman–Crippen MR) is 52.0 cm³/mol. The van der Waals surface area contributed by atoms with E-state index in [1.54, 1.807) is 0 Å². The molecule has 1 atom stereocenters. The average Bonchev–Trinajstić information content (AvgIpc) is 2.34. The Morgan fingerprint density at radius 1 is 1.62 bits per heavy atom. The third-order valence-electron chi connectivity index (χ3n) is 1.61. The van der Waals surface area contributed by atoms with Gasteiger partial charge in [-0.2, -0.15) is 0 Å². The van der Waals surface area contributed by atoms with Gasteiger partial charge >= 0.3 is 0 Å². The van der Waals surface area contributed by atoms with E-state index < -0.39 is 6.17 Å². The quantitative estimate of drug-likeness (QED) is 0.753. The van der Waals surface area contributed by atoms with E-state index in [0.29, 0.717) is 4.73 Å². The van der Waals surface area contributed by atoms with Crippen molar-refractivity contribution in [2.45, 2.75) is 26.9 Å². The summed E-state index contributed by atoms with van der Waals surface area (Å²) in [6.45, 7) is 5.78. The lowest BCUT2D eigenvalue weighted by molar-refractivity contribution is 0.231. The third-order valence-corrected chi connectivity index (χ3v) is 1.97. The molecule has 1 aromatic heterocycles. The Morgan fingerprint density at radius 2 is 2.23 bits per heavy atom. The van der Waals surface area contributed by atoms with Gasteiger partial charge in [-0.3, -0.25) is 0 Å². The van der Waals surface area contributed by atoms with Crippen LogP contribution in [0.5, 0.6) is 0 Å². The molecule has 5 nitrogen and oxygen atoms in total. The molecule has 0 aliphatic carbocycles. The van der Waals surface area contributed by atoms with Gasteiger partial charge < -0.3 is 0 Å². The van der Waals surface area contributed by atoms with Gasteiger partial charge in [0.2, 0.25) is 4.73 Å². The number of rotatable bonds is 2. The maximum Gasteiger partial charge on any atom is 0.217 e. The summed E-state index contributed by atoms with van der Waals surface area (Å²) in [6.07, 6.45) is 0.966. The average molecular weight is 247 g/mol. The second-order valence-electron chi connectivity index (χ2n) is 3.84. The molecule has 0 radical (unpaired) electrons. The minimum absolute atomic E-state index is 0.255. The third kappa shape index (κ3) is 2.33. The summed E-state index contributed by atoms with van der Waals surface area (Å²) >= 11 is 3.11. The molecule has 6 heteroatoms. The second kappa shape index (κ2) is 3.53. The van der Waals surface area contributed by atoms with Crippen molar-refractivity contribution >= 4 is 15.9 Å². The van der Waals surface area contributed by atoms with Crippen molar-refractivity contribution in [2.24, 2.45) is 10.6 Å². The number of nitrogens with zero attached hydrogens (tertiary/aromatic N) is 4. The maximum absolute atomic E-state index is 10.6. The number of halogens is 1. The molecule has 0 N–H and O–H groups in total. The molecule has 1 unspecified atom stereocenters. The van der Waals surface area contributed by atoms with E-state index in [1.165, 1.54) is 11.0 Å². The van der Waals surface area contributed by atoms with Crippen LogP contribution in [0.2, 0.25) is 0 Å². The van der Waals surface area contributed by atoms with Crippen molar-refractivity contribution in [3.05, 3.63) is 16.0 Å². The molecule has 0 fully saturated rings. The number of hydrogen-bond acceptors (Lipinski definition) is 4. The van der Waals surface area contributed by atoms with E-state index in [-0.39, 0.29) is 5.41 Å². The van der Waals surface area contributed by atoms with Crippen molar-refractivity contribution in [1.29, 1.82) is 0 Å². The Morgan fingerprint density at radius 3 is 2.54 bits per heavy atom. The lowest BCUT2D eigenvalue weighted by atomic mass is 9.93. The number of aromatic nitrogens is 3. The summed E-state index contributed by atoms with van der Waals surface area (Å²) in [5.74, 6) is 0. The van der Waals surface area contributed by atoms with Crippen LogP contribution in [0.4, 0.5) is 0 Å². The molecule has 72 valence electrons. The first-order valence-electron chi connectivity index (χ1n) is 3.84. The lowest BCUT2D eigenvalue weighted by Crippen LogP contribution is -2.22. The number of hydrogen-bond donors (Lipinski definition) is 0. The standard InChI is InChI=1S/C7H11BrN4O/c1-7(2,3)5(11-13)12-4-9-6(8)10-12/h4-5H,1-3H3. The minimum atomic E-state index is -0.522. The van der Waals surface area contributed by atoms with Crippen molar-refractivity contribution in [1.82, 2.24) is 14.8 Å². The summed E-state index contributed by atoms with van der Waals surface area (Å²) < 4.78 is 1.92. The smallest absolute Gasteiger partial charge is 0.217 e. The van der Waals surface area contributed by atoms with Crippen molar-refractivity contribution < 1.29 is 0 Å². The minimum Gasteiger partial charge on any atom is -0.223 e. The lowest BCUT2D eigenvalue weighted by Gasteiger charge is -2.23. The maximum atomic E-state index is 10.6. The van der Waals surface area contributed by atoms with E-state index in [0.717, 1.165) is 0 Å². The van der Waals surface area contributed by atoms with Gasteiger partial charge in [0.15, 0.2) is 6.17 Å². The molecule has 0 amide bonds. The molecule has 0 aliphatic heterocycles. The first kappa shape index (κ1) is 10.3. The summed E-state index contributed by atoms with van der Waals surface area (Å²) in [4.78, 5) is 14.5. The van der Waals surface area contributed by atoms with Gasteiger partial charge in [0.25, 0.3) is 0 Å². The van der Waals surface area contributed by atoms with Crippen molar-refractivity contribution in [3.63, 3.8) is 0 Å². The molecule has 0 bridgehead atoms. The summed E-state index contributed by atoms with van der Waals surface area (Å²) in [7, 11) is 0. The Bertz CT molecular complexity index is 304. The highest BCUT2D eigenvalue weighted by molar-refractivity contribution is 9.10. The molecular formula is C7H11BrN4O. The van der Waals surface area contributed by atoms with Crippen LogP contribution in [-0.2, 0) is 0 Å². The van der Waals surface area contributed by atoms with Crippen LogP contribution >= 0.6 is 15.9 Å². The van der Waals surface area contributed by atoms with Crippen LogP contribution in [0.1, 0.15) is 26.9 Å².